The number of nitrogens with zero attached hydrogens (tertiary/aromatic N) is 3. The van der Waals surface area contributed by atoms with Crippen molar-refractivity contribution in [2.75, 3.05) is 24.7 Å². The number of hydrogen-bond acceptors (Lipinski definition) is 5. The number of nitrogens with one attached hydrogen (secondary N) is 1. The van der Waals surface area contributed by atoms with E-state index in [4.69, 9.17) is 17.0 Å². The zero-order chi connectivity index (χ0) is 13.4. The van der Waals surface area contributed by atoms with E-state index in [1.54, 1.807) is 11.0 Å². The molecule has 6 nitrogen and oxygen atoms in total. The molecular formula is C12H12N4O2S. The molecule has 98 valence electrons. The van der Waals surface area contributed by atoms with Gasteiger partial charge in [0.05, 0.1) is 18.7 Å². The minimum absolute atomic E-state index is 0.0898. The number of fused-ring (bicyclic) bond motifs is 1. The molecule has 3 rings (SSSR count). The smallest absolute Gasteiger partial charge is 0.254 e. The van der Waals surface area contributed by atoms with Gasteiger partial charge in [0, 0.05) is 0 Å². The van der Waals surface area contributed by atoms with E-state index in [1.165, 1.54) is 0 Å². The molecule has 3 heterocycles. The summed E-state index contributed by atoms with van der Waals surface area (Å²) in [4.78, 5) is 25.1. The largest absolute Gasteiger partial charge is 0.370 e. The molecule has 0 aliphatic carbocycles. The molecular weight excluding hydrogens is 264 g/mol. The van der Waals surface area contributed by atoms with Crippen LogP contribution in [0.3, 0.4) is 0 Å². The van der Waals surface area contributed by atoms with Crippen molar-refractivity contribution in [3.8, 4) is 0 Å². The fourth-order valence-corrected chi connectivity index (χ4v) is 2.34. The number of morpholine rings is 1. The normalized spacial score (nSPS) is 16.1. The second-order valence-electron chi connectivity index (χ2n) is 4.29. The molecule has 2 aromatic heterocycles. The molecule has 0 saturated carbocycles. The predicted molar refractivity (Wildman–Crippen MR) is 72.6 cm³/mol. The molecule has 7 heteroatoms. The number of aromatic nitrogens is 3. The van der Waals surface area contributed by atoms with E-state index in [2.05, 4.69) is 15.0 Å². The Labute approximate surface area is 114 Å². The van der Waals surface area contributed by atoms with Gasteiger partial charge in [-0.1, -0.05) is 12.2 Å². The van der Waals surface area contributed by atoms with Crippen molar-refractivity contribution in [1.29, 1.82) is 0 Å². The van der Waals surface area contributed by atoms with Gasteiger partial charge >= 0.3 is 0 Å². The topological polar surface area (TPSA) is 71.1 Å². The molecule has 0 bridgehead atoms. The van der Waals surface area contributed by atoms with E-state index in [9.17, 15) is 4.79 Å². The van der Waals surface area contributed by atoms with Crippen molar-refractivity contribution in [3.63, 3.8) is 0 Å². The summed E-state index contributed by atoms with van der Waals surface area (Å²) in [5.74, 6) is 1.24. The van der Waals surface area contributed by atoms with E-state index in [0.29, 0.717) is 29.1 Å². The molecule has 1 N–H and O–H groups in total. The zero-order valence-corrected chi connectivity index (χ0v) is 11.2. The average Bonchev–Trinajstić information content (AvgIpc) is 2.39. The van der Waals surface area contributed by atoms with Crippen molar-refractivity contribution in [1.82, 2.24) is 15.0 Å². The number of rotatable bonds is 1. The van der Waals surface area contributed by atoms with Crippen molar-refractivity contribution in [2.24, 2.45) is 0 Å². The highest BCUT2D eigenvalue weighted by atomic mass is 32.1. The Morgan fingerprint density at radius 3 is 3.05 bits per heavy atom. The minimum atomic E-state index is -0.0898. The Balaban J connectivity index is 2.11. The molecule has 0 aromatic carbocycles. The molecule has 2 aromatic rings. The lowest BCUT2D eigenvalue weighted by molar-refractivity contribution is -0.125. The first-order valence-electron chi connectivity index (χ1n) is 5.91. The van der Waals surface area contributed by atoms with Crippen molar-refractivity contribution < 1.29 is 9.53 Å². The van der Waals surface area contributed by atoms with Gasteiger partial charge in [0.25, 0.3) is 5.91 Å². The summed E-state index contributed by atoms with van der Waals surface area (Å²) in [6.07, 6.45) is 0. The molecule has 1 aliphatic rings. The van der Waals surface area contributed by atoms with Gasteiger partial charge in [0.1, 0.15) is 23.8 Å². The summed E-state index contributed by atoms with van der Waals surface area (Å²) in [5, 5.41) is 0. The quantitative estimate of drug-likeness (QED) is 0.796. The lowest BCUT2D eigenvalue weighted by atomic mass is 10.3. The van der Waals surface area contributed by atoms with Crippen LogP contribution in [-0.2, 0) is 9.53 Å². The number of H-pyrrole nitrogens is 1. The number of anilines is 1. The number of carbonyl (C=O) groups excluding carboxylic acids is 1. The van der Waals surface area contributed by atoms with Gasteiger partial charge < -0.3 is 9.72 Å². The van der Waals surface area contributed by atoms with Gasteiger partial charge in [-0.2, -0.15) is 0 Å². The van der Waals surface area contributed by atoms with Crippen LogP contribution < -0.4 is 4.90 Å². The third kappa shape index (κ3) is 2.22. The average molecular weight is 276 g/mol. The van der Waals surface area contributed by atoms with Gasteiger partial charge in [-0.05, 0) is 19.1 Å². The van der Waals surface area contributed by atoms with E-state index >= 15 is 0 Å². The van der Waals surface area contributed by atoms with E-state index in [-0.39, 0.29) is 12.5 Å². The number of pyridine rings is 1. The van der Waals surface area contributed by atoms with Crippen LogP contribution in [0.5, 0.6) is 0 Å². The maximum atomic E-state index is 11.8. The maximum absolute atomic E-state index is 11.8. The van der Waals surface area contributed by atoms with Crippen LogP contribution in [-0.4, -0.2) is 40.6 Å². The number of hydrogen-bond donors (Lipinski definition) is 1. The molecule has 1 aliphatic heterocycles. The Hall–Kier alpha value is -1.86. The number of aromatic amines is 1. The SMILES string of the molecule is Cc1nc(=S)c2nc(N3CCOCC3=O)ccc2[nH]1. The monoisotopic (exact) mass is 276 g/mol. The Morgan fingerprint density at radius 2 is 2.26 bits per heavy atom. The lowest BCUT2D eigenvalue weighted by Gasteiger charge is -2.25. The molecule has 19 heavy (non-hydrogen) atoms. The van der Waals surface area contributed by atoms with Gasteiger partial charge in [0.2, 0.25) is 0 Å². The van der Waals surface area contributed by atoms with Crippen molar-refractivity contribution >= 4 is 35.0 Å². The van der Waals surface area contributed by atoms with E-state index in [0.717, 1.165) is 11.3 Å². The molecule has 0 radical (unpaired) electrons. The fraction of sp³-hybridized carbons (Fsp3) is 0.333. The summed E-state index contributed by atoms with van der Waals surface area (Å²) >= 11 is 5.21. The second kappa shape index (κ2) is 4.67. The first kappa shape index (κ1) is 12.2. The molecule has 1 saturated heterocycles. The summed E-state index contributed by atoms with van der Waals surface area (Å²) in [6.45, 7) is 2.96. The van der Waals surface area contributed by atoms with Crippen LogP contribution in [0.15, 0.2) is 12.1 Å². The van der Waals surface area contributed by atoms with Gasteiger partial charge in [-0.15, -0.1) is 0 Å². The van der Waals surface area contributed by atoms with Crippen LogP contribution in [0.2, 0.25) is 0 Å². The molecule has 1 amide bonds. The van der Waals surface area contributed by atoms with Gasteiger partial charge in [-0.3, -0.25) is 9.69 Å². The third-order valence-corrected chi connectivity index (χ3v) is 3.21. The molecule has 0 spiro atoms. The van der Waals surface area contributed by atoms with Crippen molar-refractivity contribution in [2.45, 2.75) is 6.92 Å². The summed E-state index contributed by atoms with van der Waals surface area (Å²) in [6, 6.07) is 3.67. The van der Waals surface area contributed by atoms with Gasteiger partial charge in [0.15, 0.2) is 4.64 Å². The first-order chi connectivity index (χ1) is 9.15. The van der Waals surface area contributed by atoms with Gasteiger partial charge in [-0.25, -0.2) is 9.97 Å². The number of amides is 1. The fourth-order valence-electron chi connectivity index (χ4n) is 2.05. The zero-order valence-electron chi connectivity index (χ0n) is 10.3. The van der Waals surface area contributed by atoms with Crippen molar-refractivity contribution in [3.05, 3.63) is 22.6 Å². The second-order valence-corrected chi connectivity index (χ2v) is 4.68. The lowest BCUT2D eigenvalue weighted by Crippen LogP contribution is -2.42. The first-order valence-corrected chi connectivity index (χ1v) is 6.32. The number of carbonyl (C=O) groups is 1. The molecule has 0 atom stereocenters. The summed E-state index contributed by atoms with van der Waals surface area (Å²) in [5.41, 5.74) is 1.43. The Kier molecular flexibility index (Phi) is 3.00. The van der Waals surface area contributed by atoms with E-state index < -0.39 is 0 Å². The molecule has 0 unspecified atom stereocenters. The Morgan fingerprint density at radius 1 is 1.42 bits per heavy atom. The van der Waals surface area contributed by atoms with Crippen LogP contribution in [0, 0.1) is 11.6 Å². The van der Waals surface area contributed by atoms with E-state index in [1.807, 2.05) is 13.0 Å². The maximum Gasteiger partial charge on any atom is 0.254 e. The summed E-state index contributed by atoms with van der Waals surface area (Å²) < 4.78 is 5.54. The minimum Gasteiger partial charge on any atom is -0.370 e. The summed E-state index contributed by atoms with van der Waals surface area (Å²) in [7, 11) is 0. The van der Waals surface area contributed by atoms with Crippen LogP contribution in [0.4, 0.5) is 5.82 Å². The van der Waals surface area contributed by atoms with Crippen LogP contribution in [0.1, 0.15) is 5.82 Å². The predicted octanol–water partition coefficient (Wildman–Crippen LogP) is 1.36. The van der Waals surface area contributed by atoms with Crippen LogP contribution >= 0.6 is 12.2 Å². The van der Waals surface area contributed by atoms with Crippen LogP contribution in [0.25, 0.3) is 11.0 Å². The highest BCUT2D eigenvalue weighted by Crippen LogP contribution is 2.18. The number of aryl methyl sites for hydroxylation is 1. The third-order valence-electron chi connectivity index (χ3n) is 2.93. The highest BCUT2D eigenvalue weighted by Gasteiger charge is 2.21. The molecule has 1 fully saturated rings. The number of ether oxygens (including phenoxy) is 1. The highest BCUT2D eigenvalue weighted by molar-refractivity contribution is 7.71. The Bertz CT molecular complexity index is 712. The standard InChI is InChI=1S/C12H12N4O2S/c1-7-13-8-2-3-9(15-11(8)12(19)14-7)16-4-5-18-6-10(16)17/h2-3H,4-6H2,1H3,(H,13,14,19).